The van der Waals surface area contributed by atoms with Gasteiger partial charge in [-0.05, 0) is 37.2 Å². The Morgan fingerprint density at radius 3 is 2.42 bits per heavy atom. The molecule has 1 aromatic carbocycles. The van der Waals surface area contributed by atoms with Gasteiger partial charge in [0.05, 0.1) is 18.1 Å². The van der Waals surface area contributed by atoms with Crippen LogP contribution in [0.15, 0.2) is 40.9 Å². The first-order chi connectivity index (χ1) is 14.4. The number of nitrogens with two attached hydrogens (primary N) is 1. The van der Waals surface area contributed by atoms with Gasteiger partial charge in [-0.1, -0.05) is 19.1 Å². The van der Waals surface area contributed by atoms with Crippen LogP contribution in [0.1, 0.15) is 24.0 Å². The Labute approximate surface area is 178 Å². The van der Waals surface area contributed by atoms with Crippen LogP contribution in [-0.2, 0) is 16.0 Å². The first-order valence-corrected chi connectivity index (χ1v) is 10.0. The fourth-order valence-corrected chi connectivity index (χ4v) is 5.73. The minimum absolute atomic E-state index is 0.00859. The van der Waals surface area contributed by atoms with E-state index in [1.54, 1.807) is 6.07 Å². The van der Waals surface area contributed by atoms with Gasteiger partial charge in [-0.25, -0.2) is 0 Å². The zero-order chi connectivity index (χ0) is 23.0. The zero-order valence-corrected chi connectivity index (χ0v) is 17.4. The number of aliphatic hydroxyl groups excluding tert-OH is 3. The zero-order valence-electron chi connectivity index (χ0n) is 17.4. The van der Waals surface area contributed by atoms with Gasteiger partial charge in [-0.15, -0.1) is 0 Å². The molecule has 9 nitrogen and oxygen atoms in total. The van der Waals surface area contributed by atoms with Crippen LogP contribution in [0.4, 0.5) is 0 Å². The molecule has 4 rings (SSSR count). The minimum Gasteiger partial charge on any atom is -0.509 e. The molecule has 166 valence electrons. The second kappa shape index (κ2) is 6.81. The maximum atomic E-state index is 13.0. The number of aromatic hydroxyl groups is 1. The van der Waals surface area contributed by atoms with E-state index in [1.807, 2.05) is 13.0 Å². The summed E-state index contributed by atoms with van der Waals surface area (Å²) in [6.07, 6.45) is -1.33. The normalized spacial score (nSPS) is 35.0. The van der Waals surface area contributed by atoms with E-state index in [1.165, 1.54) is 25.1 Å². The van der Waals surface area contributed by atoms with Gasteiger partial charge in [0, 0.05) is 17.9 Å². The number of primary amides is 1. The lowest BCUT2D eigenvalue weighted by molar-refractivity contribution is -0.152. The SMILES string of the molecule is C[C@@H]1c2cccc(O)c2CC2=C(O)[C@]3(O)C(O)=C(C(N)=O)C(=O)[C@H](N(C)C)[C@@H]3[C@@H](O)[C@H]21. The Morgan fingerprint density at radius 2 is 1.84 bits per heavy atom. The van der Waals surface area contributed by atoms with E-state index in [2.05, 4.69) is 0 Å². The second-order valence-electron chi connectivity index (χ2n) is 8.85. The van der Waals surface area contributed by atoms with E-state index in [9.17, 15) is 35.1 Å². The number of benzene rings is 1. The molecule has 0 saturated carbocycles. The van der Waals surface area contributed by atoms with Gasteiger partial charge in [0.15, 0.2) is 11.4 Å². The summed E-state index contributed by atoms with van der Waals surface area (Å²) in [6, 6.07) is 3.79. The lowest BCUT2D eigenvalue weighted by atomic mass is 9.56. The molecule has 0 fully saturated rings. The summed E-state index contributed by atoms with van der Waals surface area (Å²) in [4.78, 5) is 26.4. The molecule has 31 heavy (non-hydrogen) atoms. The first kappa shape index (κ1) is 21.4. The summed E-state index contributed by atoms with van der Waals surface area (Å²) in [5.74, 6) is -6.16. The molecule has 0 aliphatic heterocycles. The Hall–Kier alpha value is -2.88. The van der Waals surface area contributed by atoms with Crippen LogP contribution in [0.5, 0.6) is 5.75 Å². The standard InChI is InChI=1S/C22H26N2O7/c1-8-9-5-4-6-12(25)10(9)7-11-13(8)17(26)15-16(24(2)3)18(27)14(21(23)30)20(29)22(15,31)19(11)28/h4-6,8,13,15-17,25-26,28-29,31H,7H2,1-3H3,(H2,23,30)/t8-,13+,15-,16-,17+,22+/m1/s1. The van der Waals surface area contributed by atoms with Crippen LogP contribution < -0.4 is 5.73 Å². The first-order valence-electron chi connectivity index (χ1n) is 10.0. The number of Topliss-reactive ketones (excluding diaryl/α,β-unsaturated/α-hetero) is 1. The topological polar surface area (TPSA) is 165 Å². The largest absolute Gasteiger partial charge is 0.509 e. The van der Waals surface area contributed by atoms with E-state index >= 15 is 0 Å². The maximum Gasteiger partial charge on any atom is 0.255 e. The summed E-state index contributed by atoms with van der Waals surface area (Å²) < 4.78 is 0. The van der Waals surface area contributed by atoms with Crippen LogP contribution in [-0.4, -0.2) is 74.0 Å². The minimum atomic E-state index is -2.58. The highest BCUT2D eigenvalue weighted by Crippen LogP contribution is 2.55. The number of fused-ring (bicyclic) bond motifs is 3. The molecule has 0 unspecified atom stereocenters. The van der Waals surface area contributed by atoms with Crippen molar-refractivity contribution in [3.05, 3.63) is 52.0 Å². The lowest BCUT2D eigenvalue weighted by Crippen LogP contribution is -2.67. The van der Waals surface area contributed by atoms with E-state index < -0.39 is 58.4 Å². The van der Waals surface area contributed by atoms with E-state index in [-0.39, 0.29) is 23.7 Å². The predicted octanol–water partition coefficient (Wildman–Crippen LogP) is 0.0122. The highest BCUT2D eigenvalue weighted by molar-refractivity contribution is 6.22. The third-order valence-corrected chi connectivity index (χ3v) is 7.13. The molecular formula is C22H26N2O7. The number of rotatable bonds is 2. The summed E-state index contributed by atoms with van der Waals surface area (Å²) >= 11 is 0. The Kier molecular flexibility index (Phi) is 4.69. The van der Waals surface area contributed by atoms with Gasteiger partial charge in [-0.3, -0.25) is 14.5 Å². The molecule has 0 aromatic heterocycles. The highest BCUT2D eigenvalue weighted by Gasteiger charge is 2.65. The molecule has 0 radical (unpaired) electrons. The Bertz CT molecular complexity index is 1060. The summed E-state index contributed by atoms with van der Waals surface area (Å²) in [5.41, 5.74) is 3.48. The number of amides is 1. The molecule has 1 aromatic rings. The molecule has 0 spiro atoms. The van der Waals surface area contributed by atoms with Crippen molar-refractivity contribution in [1.29, 1.82) is 0 Å². The number of carbonyl (C=O) groups excluding carboxylic acids is 2. The second-order valence-corrected chi connectivity index (χ2v) is 8.85. The van der Waals surface area contributed by atoms with Gasteiger partial charge in [0.25, 0.3) is 5.91 Å². The highest BCUT2D eigenvalue weighted by atomic mass is 16.4. The molecule has 7 N–H and O–H groups in total. The summed E-state index contributed by atoms with van der Waals surface area (Å²) in [5, 5.41) is 55.4. The van der Waals surface area contributed by atoms with E-state index in [4.69, 9.17) is 5.73 Å². The van der Waals surface area contributed by atoms with Crippen molar-refractivity contribution in [2.24, 2.45) is 17.6 Å². The van der Waals surface area contributed by atoms with Crippen molar-refractivity contribution in [2.45, 2.75) is 37.0 Å². The summed E-state index contributed by atoms with van der Waals surface area (Å²) in [6.45, 7) is 1.82. The molecular weight excluding hydrogens is 404 g/mol. The quantitative estimate of drug-likeness (QED) is 0.357. The van der Waals surface area contributed by atoms with Crippen molar-refractivity contribution in [2.75, 3.05) is 14.1 Å². The molecule has 3 aliphatic rings. The smallest absolute Gasteiger partial charge is 0.255 e. The molecule has 0 heterocycles. The Morgan fingerprint density at radius 1 is 1.19 bits per heavy atom. The third kappa shape index (κ3) is 2.60. The average Bonchev–Trinajstić information content (AvgIpc) is 2.68. The molecule has 0 bridgehead atoms. The van der Waals surface area contributed by atoms with Gasteiger partial charge < -0.3 is 31.3 Å². The lowest BCUT2D eigenvalue weighted by Gasteiger charge is -2.54. The molecule has 9 heteroatoms. The number of hydrogen-bond acceptors (Lipinski definition) is 8. The molecule has 3 aliphatic carbocycles. The van der Waals surface area contributed by atoms with Gasteiger partial charge in [0.2, 0.25) is 0 Å². The number of nitrogens with zero attached hydrogens (tertiary/aromatic N) is 1. The van der Waals surface area contributed by atoms with Crippen LogP contribution in [0.3, 0.4) is 0 Å². The van der Waals surface area contributed by atoms with Crippen molar-refractivity contribution < 1.29 is 35.1 Å². The maximum absolute atomic E-state index is 13.0. The number of hydrogen-bond donors (Lipinski definition) is 6. The number of likely N-dealkylation sites (N-methyl/N-ethyl adjacent to an activating group) is 1. The van der Waals surface area contributed by atoms with Crippen LogP contribution in [0.2, 0.25) is 0 Å². The van der Waals surface area contributed by atoms with Gasteiger partial charge in [-0.2, -0.15) is 0 Å². The van der Waals surface area contributed by atoms with Crippen LogP contribution >= 0.6 is 0 Å². The number of aliphatic hydroxyl groups is 4. The third-order valence-electron chi connectivity index (χ3n) is 7.13. The fraction of sp³-hybridized carbons (Fsp3) is 0.455. The fourth-order valence-electron chi connectivity index (χ4n) is 5.73. The van der Waals surface area contributed by atoms with E-state index in [0.717, 1.165) is 5.56 Å². The molecule has 1 amide bonds. The monoisotopic (exact) mass is 430 g/mol. The van der Waals surface area contributed by atoms with Gasteiger partial charge in [0.1, 0.15) is 22.8 Å². The van der Waals surface area contributed by atoms with Crippen molar-refractivity contribution in [1.82, 2.24) is 4.90 Å². The molecule has 6 atom stereocenters. The number of phenolic OH excluding ortho intramolecular Hbond substituents is 1. The number of phenols is 1. The van der Waals surface area contributed by atoms with Crippen molar-refractivity contribution in [3.8, 4) is 5.75 Å². The van der Waals surface area contributed by atoms with Crippen LogP contribution in [0, 0.1) is 11.8 Å². The predicted molar refractivity (Wildman–Crippen MR) is 109 cm³/mol. The Balaban J connectivity index is 2.03. The average molecular weight is 430 g/mol. The van der Waals surface area contributed by atoms with Crippen LogP contribution in [0.25, 0.3) is 0 Å². The van der Waals surface area contributed by atoms with Crippen molar-refractivity contribution >= 4 is 11.7 Å². The number of ketones is 1. The van der Waals surface area contributed by atoms with Gasteiger partial charge >= 0.3 is 0 Å². The summed E-state index contributed by atoms with van der Waals surface area (Å²) in [7, 11) is 3.06. The molecule has 0 saturated heterocycles. The van der Waals surface area contributed by atoms with Crippen molar-refractivity contribution in [3.63, 3.8) is 0 Å². The van der Waals surface area contributed by atoms with E-state index in [0.29, 0.717) is 5.56 Å². The number of carbonyl (C=O) groups is 2.